The van der Waals surface area contributed by atoms with Gasteiger partial charge in [-0.15, -0.1) is 0 Å². The molecule has 2 atom stereocenters. The molecular formula is C27H21F3N4O2. The first kappa shape index (κ1) is 23.3. The molecule has 0 fully saturated rings. The quantitative estimate of drug-likeness (QED) is 0.419. The van der Waals surface area contributed by atoms with Crippen LogP contribution in [0.15, 0.2) is 84.9 Å². The number of benzene rings is 3. The fraction of sp³-hybridized carbons (Fsp3) is 0.148. The molecule has 0 spiro atoms. The molecule has 1 aliphatic heterocycles. The summed E-state index contributed by atoms with van der Waals surface area (Å²) in [6, 6.07) is 21.2. The third-order valence-corrected chi connectivity index (χ3v) is 6.20. The number of nitrogens with one attached hydrogen (secondary N) is 2. The summed E-state index contributed by atoms with van der Waals surface area (Å²) < 4.78 is 41.3. The molecule has 0 saturated carbocycles. The van der Waals surface area contributed by atoms with E-state index in [1.807, 2.05) is 30.3 Å². The SMILES string of the molecule is Cc1nn(-c2ccccc2)c2c1[C@@H](c1ccc(C(F)(F)F)cc1)[C@@H](NC(=O)c1ccccc1)C(=O)N2. The maximum Gasteiger partial charge on any atom is 0.416 e. The molecule has 4 aromatic rings. The second-order valence-corrected chi connectivity index (χ2v) is 8.50. The van der Waals surface area contributed by atoms with E-state index in [1.54, 1.807) is 41.9 Å². The van der Waals surface area contributed by atoms with Crippen molar-refractivity contribution >= 4 is 17.6 Å². The van der Waals surface area contributed by atoms with Crippen LogP contribution in [-0.2, 0) is 11.0 Å². The monoisotopic (exact) mass is 490 g/mol. The Labute approximate surface area is 204 Å². The zero-order chi connectivity index (χ0) is 25.4. The molecule has 6 nitrogen and oxygen atoms in total. The van der Waals surface area contributed by atoms with Gasteiger partial charge in [0.25, 0.3) is 5.91 Å². The normalized spacial score (nSPS) is 17.3. The Kier molecular flexibility index (Phi) is 5.83. The topological polar surface area (TPSA) is 76.0 Å². The third kappa shape index (κ3) is 4.24. The van der Waals surface area contributed by atoms with E-state index in [4.69, 9.17) is 0 Å². The summed E-state index contributed by atoms with van der Waals surface area (Å²) in [6.07, 6.45) is -4.50. The van der Waals surface area contributed by atoms with Crippen LogP contribution < -0.4 is 10.6 Å². The Balaban J connectivity index is 1.63. The number of rotatable bonds is 4. The first-order valence-corrected chi connectivity index (χ1v) is 11.2. The maximum atomic E-state index is 13.4. The van der Waals surface area contributed by atoms with Crippen LogP contribution in [0.4, 0.5) is 19.0 Å². The molecule has 9 heteroatoms. The molecule has 1 aliphatic rings. The van der Waals surface area contributed by atoms with Crippen LogP contribution in [0.1, 0.15) is 38.7 Å². The number of alkyl halides is 3. The Morgan fingerprint density at radius 3 is 2.17 bits per heavy atom. The number of hydrogen-bond acceptors (Lipinski definition) is 3. The van der Waals surface area contributed by atoms with Gasteiger partial charge < -0.3 is 10.6 Å². The molecule has 0 radical (unpaired) electrons. The van der Waals surface area contributed by atoms with Crippen molar-refractivity contribution in [2.24, 2.45) is 0 Å². The highest BCUT2D eigenvalue weighted by atomic mass is 19.4. The number of anilines is 1. The summed E-state index contributed by atoms with van der Waals surface area (Å²) >= 11 is 0. The largest absolute Gasteiger partial charge is 0.416 e. The number of carbonyl (C=O) groups is 2. The van der Waals surface area contributed by atoms with Gasteiger partial charge in [0.1, 0.15) is 11.9 Å². The summed E-state index contributed by atoms with van der Waals surface area (Å²) in [7, 11) is 0. The van der Waals surface area contributed by atoms with E-state index < -0.39 is 35.5 Å². The highest BCUT2D eigenvalue weighted by Crippen LogP contribution is 2.41. The molecule has 36 heavy (non-hydrogen) atoms. The van der Waals surface area contributed by atoms with Gasteiger partial charge in [0.05, 0.1) is 16.9 Å². The molecule has 182 valence electrons. The second kappa shape index (κ2) is 8.99. The minimum atomic E-state index is -4.50. The molecule has 0 saturated heterocycles. The Bertz CT molecular complexity index is 1420. The molecular weight excluding hydrogens is 469 g/mol. The average molecular weight is 490 g/mol. The highest BCUT2D eigenvalue weighted by Gasteiger charge is 2.42. The van der Waals surface area contributed by atoms with Crippen LogP contribution in [0.25, 0.3) is 5.69 Å². The van der Waals surface area contributed by atoms with Crippen LogP contribution in [0.3, 0.4) is 0 Å². The van der Waals surface area contributed by atoms with Gasteiger partial charge in [0, 0.05) is 17.0 Å². The van der Waals surface area contributed by atoms with Gasteiger partial charge in [-0.25, -0.2) is 4.68 Å². The Morgan fingerprint density at radius 2 is 1.56 bits per heavy atom. The van der Waals surface area contributed by atoms with Crippen molar-refractivity contribution in [1.82, 2.24) is 15.1 Å². The van der Waals surface area contributed by atoms with Crippen LogP contribution >= 0.6 is 0 Å². The van der Waals surface area contributed by atoms with E-state index in [0.717, 1.165) is 12.1 Å². The lowest BCUT2D eigenvalue weighted by Crippen LogP contribution is -2.50. The molecule has 2 heterocycles. The molecule has 0 aliphatic carbocycles. The van der Waals surface area contributed by atoms with Crippen LogP contribution in [0, 0.1) is 6.92 Å². The maximum absolute atomic E-state index is 13.4. The van der Waals surface area contributed by atoms with Crippen LogP contribution in [0.5, 0.6) is 0 Å². The van der Waals surface area contributed by atoms with Crippen LogP contribution in [0.2, 0.25) is 0 Å². The lowest BCUT2D eigenvalue weighted by atomic mass is 9.81. The van der Waals surface area contributed by atoms with E-state index >= 15 is 0 Å². The lowest BCUT2D eigenvalue weighted by Gasteiger charge is -2.33. The van der Waals surface area contributed by atoms with Gasteiger partial charge in [0.15, 0.2) is 0 Å². The van der Waals surface area contributed by atoms with Crippen molar-refractivity contribution in [3.05, 3.63) is 113 Å². The average Bonchev–Trinajstić information content (AvgIpc) is 3.20. The van der Waals surface area contributed by atoms with Gasteiger partial charge in [-0.3, -0.25) is 9.59 Å². The van der Waals surface area contributed by atoms with Crippen molar-refractivity contribution in [2.75, 3.05) is 5.32 Å². The molecule has 3 aromatic carbocycles. The smallest absolute Gasteiger partial charge is 0.339 e. The number of para-hydroxylation sites is 1. The highest BCUT2D eigenvalue weighted by molar-refractivity contribution is 6.04. The first-order valence-electron chi connectivity index (χ1n) is 11.2. The number of fused-ring (bicyclic) bond motifs is 1. The summed E-state index contributed by atoms with van der Waals surface area (Å²) in [5.41, 5.74) is 1.93. The molecule has 0 unspecified atom stereocenters. The predicted molar refractivity (Wildman–Crippen MR) is 128 cm³/mol. The fourth-order valence-electron chi connectivity index (χ4n) is 4.50. The van der Waals surface area contributed by atoms with Gasteiger partial charge in [0.2, 0.25) is 5.91 Å². The third-order valence-electron chi connectivity index (χ3n) is 6.20. The number of hydrogen-bond donors (Lipinski definition) is 2. The van der Waals surface area contributed by atoms with Crippen molar-refractivity contribution < 1.29 is 22.8 Å². The van der Waals surface area contributed by atoms with Crippen molar-refractivity contribution in [1.29, 1.82) is 0 Å². The standard InChI is InChI=1S/C27H21F3N4O2/c1-16-21-22(17-12-14-19(15-13-17)27(28,29)30)23(31-25(35)18-8-4-2-5-9-18)26(36)32-24(21)34(33-16)20-10-6-3-7-11-20/h2-15,22-23H,1H3,(H,31,35)(H,32,36)/t22-,23-/m1/s1. The van der Waals surface area contributed by atoms with E-state index in [0.29, 0.717) is 33.9 Å². The van der Waals surface area contributed by atoms with E-state index in [9.17, 15) is 22.8 Å². The van der Waals surface area contributed by atoms with Crippen molar-refractivity contribution in [3.8, 4) is 5.69 Å². The van der Waals surface area contributed by atoms with Crippen molar-refractivity contribution in [3.63, 3.8) is 0 Å². The minimum absolute atomic E-state index is 0.360. The predicted octanol–water partition coefficient (Wildman–Crippen LogP) is 5.08. The van der Waals surface area contributed by atoms with Gasteiger partial charge >= 0.3 is 6.18 Å². The number of amides is 2. The van der Waals surface area contributed by atoms with Crippen LogP contribution in [-0.4, -0.2) is 27.6 Å². The lowest BCUT2D eigenvalue weighted by molar-refractivity contribution is -0.137. The summed E-state index contributed by atoms with van der Waals surface area (Å²) in [5.74, 6) is -1.31. The Morgan fingerprint density at radius 1 is 0.944 bits per heavy atom. The fourth-order valence-corrected chi connectivity index (χ4v) is 4.50. The number of aromatic nitrogens is 2. The van der Waals surface area contributed by atoms with E-state index in [1.165, 1.54) is 12.1 Å². The summed E-state index contributed by atoms with van der Waals surface area (Å²) in [6.45, 7) is 1.77. The van der Waals surface area contributed by atoms with Crippen molar-refractivity contribution in [2.45, 2.75) is 25.1 Å². The number of nitrogens with zero attached hydrogens (tertiary/aromatic N) is 2. The second-order valence-electron chi connectivity index (χ2n) is 8.50. The molecule has 0 bridgehead atoms. The molecule has 1 aromatic heterocycles. The number of aryl methyl sites for hydroxylation is 1. The van der Waals surface area contributed by atoms with E-state index in [-0.39, 0.29) is 0 Å². The molecule has 2 N–H and O–H groups in total. The van der Waals surface area contributed by atoms with Gasteiger partial charge in [-0.1, -0.05) is 48.5 Å². The minimum Gasteiger partial charge on any atom is -0.339 e. The van der Waals surface area contributed by atoms with Gasteiger partial charge in [-0.2, -0.15) is 18.3 Å². The zero-order valence-electron chi connectivity index (χ0n) is 19.1. The number of carbonyl (C=O) groups excluding carboxylic acids is 2. The number of halogens is 3. The first-order chi connectivity index (χ1) is 17.2. The Hall–Kier alpha value is -4.40. The molecule has 5 rings (SSSR count). The van der Waals surface area contributed by atoms with Gasteiger partial charge in [-0.05, 0) is 48.9 Å². The summed E-state index contributed by atoms with van der Waals surface area (Å²) in [5, 5.41) is 10.3. The summed E-state index contributed by atoms with van der Waals surface area (Å²) in [4.78, 5) is 26.4. The van der Waals surface area contributed by atoms with E-state index in [2.05, 4.69) is 15.7 Å². The zero-order valence-corrected chi connectivity index (χ0v) is 19.1. The molecule has 2 amide bonds.